The Labute approximate surface area is 174 Å². The van der Waals surface area contributed by atoms with Crippen LogP contribution in [0.4, 0.5) is 11.4 Å². The van der Waals surface area contributed by atoms with Crippen LogP contribution in [0.3, 0.4) is 0 Å². The van der Waals surface area contributed by atoms with Gasteiger partial charge in [-0.05, 0) is 79.6 Å². The van der Waals surface area contributed by atoms with Crippen molar-refractivity contribution in [1.82, 2.24) is 10.2 Å². The number of nitrogens with zero attached hydrogens (tertiary/aromatic N) is 1. The first-order chi connectivity index (χ1) is 14.3. The summed E-state index contributed by atoms with van der Waals surface area (Å²) < 4.78 is 27.9. The zero-order chi connectivity index (χ0) is 21.3. The number of carbonyl (C=O) groups excluding carboxylic acids is 1. The van der Waals surface area contributed by atoms with Crippen LogP contribution in [0.1, 0.15) is 21.5 Å². The molecule has 1 amide bonds. The highest BCUT2D eigenvalue weighted by atomic mass is 32.2. The number of fused-ring (bicyclic) bond motifs is 1. The molecule has 0 saturated carbocycles. The number of anilines is 2. The first-order valence-electron chi connectivity index (χ1n) is 9.26. The Morgan fingerprint density at radius 2 is 1.63 bits per heavy atom. The number of sulfonamides is 1. The van der Waals surface area contributed by atoms with Crippen molar-refractivity contribution in [3.05, 3.63) is 83.6 Å². The van der Waals surface area contributed by atoms with Crippen molar-refractivity contribution in [2.45, 2.75) is 18.7 Å². The van der Waals surface area contributed by atoms with E-state index >= 15 is 0 Å². The fraction of sp³-hybridized carbons (Fsp3) is 0.0909. The summed E-state index contributed by atoms with van der Waals surface area (Å²) in [6.07, 6.45) is 1.67. The molecule has 0 atom stereocenters. The molecule has 0 unspecified atom stereocenters. The minimum atomic E-state index is -3.75. The monoisotopic (exact) mass is 420 g/mol. The second kappa shape index (κ2) is 7.64. The van der Waals surface area contributed by atoms with E-state index in [9.17, 15) is 13.2 Å². The Morgan fingerprint density at radius 3 is 2.37 bits per heavy atom. The minimum Gasteiger partial charge on any atom is -0.322 e. The summed E-state index contributed by atoms with van der Waals surface area (Å²) in [6.45, 7) is 3.88. The topological polar surface area (TPSA) is 104 Å². The van der Waals surface area contributed by atoms with Gasteiger partial charge in [0.15, 0.2) is 0 Å². The maximum absolute atomic E-state index is 12.6. The Morgan fingerprint density at radius 1 is 0.900 bits per heavy atom. The van der Waals surface area contributed by atoms with Crippen LogP contribution >= 0.6 is 0 Å². The van der Waals surface area contributed by atoms with Gasteiger partial charge in [-0.1, -0.05) is 6.07 Å². The van der Waals surface area contributed by atoms with Gasteiger partial charge in [0, 0.05) is 22.3 Å². The number of rotatable bonds is 5. The Balaban J connectivity index is 1.49. The molecule has 0 aliphatic heterocycles. The van der Waals surface area contributed by atoms with Gasteiger partial charge in [0.05, 0.1) is 16.6 Å². The summed E-state index contributed by atoms with van der Waals surface area (Å²) in [5.74, 6) is -0.330. The van der Waals surface area contributed by atoms with Crippen molar-refractivity contribution < 1.29 is 13.2 Å². The van der Waals surface area contributed by atoms with E-state index in [1.165, 1.54) is 24.3 Å². The largest absolute Gasteiger partial charge is 0.322 e. The summed E-state index contributed by atoms with van der Waals surface area (Å²) in [5.41, 5.74) is 4.43. The van der Waals surface area contributed by atoms with Crippen LogP contribution in [-0.2, 0) is 10.0 Å². The summed E-state index contributed by atoms with van der Waals surface area (Å²) in [4.78, 5) is 12.6. The molecule has 3 aromatic carbocycles. The third-order valence-electron chi connectivity index (χ3n) is 4.88. The van der Waals surface area contributed by atoms with E-state index in [0.717, 1.165) is 22.0 Å². The standard InChI is InChI=1S/C22H20N4O3S/c1-14-3-6-19(11-15(14)2)26-30(28,29)20-8-4-16(5-9-20)22(27)24-18-7-10-21-17(12-18)13-23-25-21/h3-13,26H,1-2H3,(H,23,25)(H,24,27). The average molecular weight is 420 g/mol. The van der Waals surface area contributed by atoms with Crippen molar-refractivity contribution in [3.63, 3.8) is 0 Å². The first-order valence-corrected chi connectivity index (χ1v) is 10.7. The third-order valence-corrected chi connectivity index (χ3v) is 6.28. The van der Waals surface area contributed by atoms with Crippen LogP contribution in [0.2, 0.25) is 0 Å². The number of benzene rings is 3. The van der Waals surface area contributed by atoms with Gasteiger partial charge in [-0.2, -0.15) is 5.10 Å². The molecule has 1 heterocycles. The molecule has 0 aliphatic carbocycles. The van der Waals surface area contributed by atoms with Crippen LogP contribution in [0.5, 0.6) is 0 Å². The number of H-pyrrole nitrogens is 1. The molecule has 0 aliphatic rings. The lowest BCUT2D eigenvalue weighted by Gasteiger charge is -2.11. The van der Waals surface area contributed by atoms with Crippen LogP contribution in [-0.4, -0.2) is 24.5 Å². The predicted octanol–water partition coefficient (Wildman–Crippen LogP) is 4.23. The normalized spacial score (nSPS) is 11.4. The van der Waals surface area contributed by atoms with E-state index in [1.54, 1.807) is 24.4 Å². The Kier molecular flexibility index (Phi) is 5.01. The SMILES string of the molecule is Cc1ccc(NS(=O)(=O)c2ccc(C(=O)Nc3ccc4[nH]ncc4c3)cc2)cc1C. The second-order valence-corrected chi connectivity index (χ2v) is 8.74. The van der Waals surface area contributed by atoms with Gasteiger partial charge in [-0.15, -0.1) is 0 Å². The van der Waals surface area contributed by atoms with Gasteiger partial charge < -0.3 is 5.32 Å². The highest BCUT2D eigenvalue weighted by Crippen LogP contribution is 2.21. The molecule has 0 radical (unpaired) electrons. The lowest BCUT2D eigenvalue weighted by atomic mass is 10.1. The fourth-order valence-electron chi connectivity index (χ4n) is 3.03. The molecule has 152 valence electrons. The number of hydrogen-bond donors (Lipinski definition) is 3. The quantitative estimate of drug-likeness (QED) is 0.449. The smallest absolute Gasteiger partial charge is 0.261 e. The van der Waals surface area contributed by atoms with Crippen molar-refractivity contribution in [2.24, 2.45) is 0 Å². The number of aryl methyl sites for hydroxylation is 2. The molecular weight excluding hydrogens is 400 g/mol. The van der Waals surface area contributed by atoms with Gasteiger partial charge >= 0.3 is 0 Å². The summed E-state index contributed by atoms with van der Waals surface area (Å²) in [6, 6.07) is 16.6. The van der Waals surface area contributed by atoms with Crippen molar-refractivity contribution in [3.8, 4) is 0 Å². The van der Waals surface area contributed by atoms with Crippen LogP contribution in [0.15, 0.2) is 71.8 Å². The average Bonchev–Trinajstić information content (AvgIpc) is 3.18. The summed E-state index contributed by atoms with van der Waals surface area (Å²) in [5, 5.41) is 10.5. The maximum Gasteiger partial charge on any atom is 0.261 e. The lowest BCUT2D eigenvalue weighted by Crippen LogP contribution is -2.15. The third kappa shape index (κ3) is 4.04. The number of aromatic nitrogens is 2. The zero-order valence-corrected chi connectivity index (χ0v) is 17.2. The Hall–Kier alpha value is -3.65. The molecule has 4 rings (SSSR count). The van der Waals surface area contributed by atoms with Crippen molar-refractivity contribution in [1.29, 1.82) is 0 Å². The van der Waals surface area contributed by atoms with Gasteiger partial charge in [-0.3, -0.25) is 14.6 Å². The van der Waals surface area contributed by atoms with Gasteiger partial charge in [0.2, 0.25) is 0 Å². The van der Waals surface area contributed by atoms with E-state index in [2.05, 4.69) is 20.2 Å². The maximum atomic E-state index is 12.6. The molecule has 0 bridgehead atoms. The first kappa shape index (κ1) is 19.7. The van der Waals surface area contributed by atoms with Gasteiger partial charge in [0.1, 0.15) is 0 Å². The number of nitrogens with one attached hydrogen (secondary N) is 3. The van der Waals surface area contributed by atoms with Gasteiger partial charge in [0.25, 0.3) is 15.9 Å². The lowest BCUT2D eigenvalue weighted by molar-refractivity contribution is 0.102. The highest BCUT2D eigenvalue weighted by molar-refractivity contribution is 7.92. The molecule has 1 aromatic heterocycles. The highest BCUT2D eigenvalue weighted by Gasteiger charge is 2.16. The molecule has 3 N–H and O–H groups in total. The van der Waals surface area contributed by atoms with Gasteiger partial charge in [-0.25, -0.2) is 8.42 Å². The number of carbonyl (C=O) groups is 1. The number of amides is 1. The van der Waals surface area contributed by atoms with Crippen LogP contribution in [0, 0.1) is 13.8 Å². The van der Waals surface area contributed by atoms with Crippen LogP contribution < -0.4 is 10.0 Å². The van der Waals surface area contributed by atoms with Crippen molar-refractivity contribution >= 4 is 38.2 Å². The molecule has 7 nitrogen and oxygen atoms in total. The van der Waals surface area contributed by atoms with Crippen LogP contribution in [0.25, 0.3) is 10.9 Å². The Bertz CT molecular complexity index is 1340. The zero-order valence-electron chi connectivity index (χ0n) is 16.4. The van der Waals surface area contributed by atoms with E-state index in [-0.39, 0.29) is 10.8 Å². The molecule has 0 fully saturated rings. The molecule has 4 aromatic rings. The van der Waals surface area contributed by atoms with E-state index in [1.807, 2.05) is 32.0 Å². The second-order valence-electron chi connectivity index (χ2n) is 7.06. The molecule has 8 heteroatoms. The molecule has 0 spiro atoms. The number of hydrogen-bond acceptors (Lipinski definition) is 4. The molecular formula is C22H20N4O3S. The fourth-order valence-corrected chi connectivity index (χ4v) is 4.08. The summed E-state index contributed by atoms with van der Waals surface area (Å²) >= 11 is 0. The van der Waals surface area contributed by atoms with Crippen molar-refractivity contribution in [2.75, 3.05) is 10.0 Å². The molecule has 30 heavy (non-hydrogen) atoms. The number of aromatic amines is 1. The van der Waals surface area contributed by atoms with E-state index < -0.39 is 10.0 Å². The summed E-state index contributed by atoms with van der Waals surface area (Å²) in [7, 11) is -3.75. The van der Waals surface area contributed by atoms with E-state index in [4.69, 9.17) is 0 Å². The minimum absolute atomic E-state index is 0.0806. The molecule has 0 saturated heterocycles. The van der Waals surface area contributed by atoms with E-state index in [0.29, 0.717) is 16.9 Å². The predicted molar refractivity (Wildman–Crippen MR) is 117 cm³/mol.